The quantitative estimate of drug-likeness (QED) is 0.280. The van der Waals surface area contributed by atoms with E-state index in [0.717, 1.165) is 21.1 Å². The predicted molar refractivity (Wildman–Crippen MR) is 86.8 cm³/mol. The van der Waals surface area contributed by atoms with E-state index in [1.807, 2.05) is 32.0 Å². The first-order valence-electron chi connectivity index (χ1n) is 6.45. The van der Waals surface area contributed by atoms with Crippen molar-refractivity contribution in [2.75, 3.05) is 21.1 Å². The van der Waals surface area contributed by atoms with Gasteiger partial charge in [-0.1, -0.05) is 17.7 Å². The zero-order valence-electron chi connectivity index (χ0n) is 13.2. The topological polar surface area (TPSA) is 56.2 Å². The molecule has 0 N–H and O–H groups in total. The van der Waals surface area contributed by atoms with Crippen LogP contribution < -0.4 is 0 Å². The number of hydrogen-bond donors (Lipinski definition) is 0. The summed E-state index contributed by atoms with van der Waals surface area (Å²) in [6.45, 7) is 3.93. The molecule has 0 heterocycles. The smallest absolute Gasteiger partial charge is 0.287 e. The summed E-state index contributed by atoms with van der Waals surface area (Å²) in [5.41, 5.74) is 2.90. The first-order chi connectivity index (χ1) is 10.2. The Kier molecular flexibility index (Phi) is 6.36. The van der Waals surface area contributed by atoms with Crippen LogP contribution in [-0.2, 0) is 0 Å². The van der Waals surface area contributed by atoms with Crippen LogP contribution in [0.3, 0.4) is 0 Å². The minimum Gasteiger partial charge on any atom is -0.287 e. The van der Waals surface area contributed by atoms with Gasteiger partial charge in [0.2, 0.25) is 0 Å². The third-order valence-corrected chi connectivity index (χ3v) is 3.58. The minimum absolute atomic E-state index is 0.438. The lowest BCUT2D eigenvalue weighted by molar-refractivity contribution is 0.206. The number of carbonyl (C=O) groups is 2. The Morgan fingerprint density at radius 2 is 1.82 bits per heavy atom. The molecule has 0 radical (unpaired) electrons. The minimum atomic E-state index is -1.63. The van der Waals surface area contributed by atoms with Crippen LogP contribution >= 0.6 is 12.1 Å². The van der Waals surface area contributed by atoms with E-state index in [0.29, 0.717) is 16.4 Å². The number of aliphatic imine (C=N–C) groups is 1. The normalized spacial score (nSPS) is 10.6. The molecule has 0 bridgehead atoms. The van der Waals surface area contributed by atoms with E-state index in [1.54, 1.807) is 0 Å². The maximum absolute atomic E-state index is 12.5. The molecule has 1 rings (SSSR count). The van der Waals surface area contributed by atoms with Crippen molar-refractivity contribution < 1.29 is 14.0 Å². The Morgan fingerprint density at radius 1 is 1.18 bits per heavy atom. The molecule has 3 amide bonds. The van der Waals surface area contributed by atoms with Crippen molar-refractivity contribution >= 4 is 36.4 Å². The zero-order chi connectivity index (χ0) is 16.9. The summed E-state index contributed by atoms with van der Waals surface area (Å²) in [5.74, 6) is 0. The fourth-order valence-electron chi connectivity index (χ4n) is 1.62. The molecule has 6 nitrogen and oxygen atoms in total. The van der Waals surface area contributed by atoms with E-state index >= 15 is 0 Å². The second-order valence-corrected chi connectivity index (χ2v) is 6.02. The highest BCUT2D eigenvalue weighted by Crippen LogP contribution is 2.19. The van der Waals surface area contributed by atoms with Crippen LogP contribution in [0.1, 0.15) is 11.1 Å². The molecule has 0 aromatic heterocycles. The van der Waals surface area contributed by atoms with Crippen molar-refractivity contribution in [3.05, 3.63) is 29.3 Å². The van der Waals surface area contributed by atoms with E-state index < -0.39 is 12.2 Å². The molecule has 0 aliphatic carbocycles. The Morgan fingerprint density at radius 3 is 2.36 bits per heavy atom. The second kappa shape index (κ2) is 7.79. The number of halogens is 1. The lowest BCUT2D eigenvalue weighted by Crippen LogP contribution is -2.36. The monoisotopic (exact) mass is 326 g/mol. The molecule has 8 heteroatoms. The van der Waals surface area contributed by atoms with Crippen molar-refractivity contribution in [2.24, 2.45) is 4.99 Å². The summed E-state index contributed by atoms with van der Waals surface area (Å²) in [6, 6.07) is 5.36. The number of nitrogens with zero attached hydrogens (tertiary/aromatic N) is 4. The van der Waals surface area contributed by atoms with E-state index in [2.05, 4.69) is 4.99 Å². The van der Waals surface area contributed by atoms with E-state index in [1.165, 1.54) is 32.4 Å². The van der Waals surface area contributed by atoms with E-state index in [9.17, 15) is 14.0 Å². The van der Waals surface area contributed by atoms with Gasteiger partial charge in [0.1, 0.15) is 0 Å². The molecular formula is C14H19FN4O2S. The summed E-state index contributed by atoms with van der Waals surface area (Å²) in [7, 11) is 4.21. The summed E-state index contributed by atoms with van der Waals surface area (Å²) in [4.78, 5) is 28.1. The molecule has 0 aliphatic heterocycles. The average molecular weight is 326 g/mol. The SMILES string of the molecule is Cc1ccc(N=CN(C)C(=O)N(C)SN(C)C(=O)F)c(C)c1. The van der Waals surface area contributed by atoms with Crippen LogP contribution in [0.5, 0.6) is 0 Å². The van der Waals surface area contributed by atoms with E-state index in [-0.39, 0.29) is 0 Å². The van der Waals surface area contributed by atoms with Gasteiger partial charge in [-0.05, 0) is 25.5 Å². The number of hydrogen-bond acceptors (Lipinski definition) is 4. The number of rotatable bonds is 4. The van der Waals surface area contributed by atoms with Crippen molar-refractivity contribution in [1.29, 1.82) is 0 Å². The lowest BCUT2D eigenvalue weighted by Gasteiger charge is -2.23. The Balaban J connectivity index is 2.70. The average Bonchev–Trinajstić information content (AvgIpc) is 2.44. The molecule has 0 saturated heterocycles. The first kappa shape index (κ1) is 18.0. The van der Waals surface area contributed by atoms with Crippen molar-refractivity contribution in [3.63, 3.8) is 0 Å². The van der Waals surface area contributed by atoms with Gasteiger partial charge in [-0.3, -0.25) is 9.21 Å². The summed E-state index contributed by atoms with van der Waals surface area (Å²) in [6.07, 6.45) is -0.245. The third kappa shape index (κ3) is 5.03. The molecule has 0 unspecified atom stereocenters. The largest absolute Gasteiger partial charge is 0.411 e. The van der Waals surface area contributed by atoms with Gasteiger partial charge in [0.05, 0.1) is 24.2 Å². The molecule has 0 aliphatic rings. The molecule has 0 atom stereocenters. The van der Waals surface area contributed by atoms with Gasteiger partial charge in [0.15, 0.2) is 0 Å². The standard InChI is InChI=1S/C14H19FN4O2S/c1-10-6-7-12(11(2)8-10)16-9-17(3)14(21)19(5)22-18(4)13(15)20/h6-9H,1-5H3. The number of urea groups is 1. The lowest BCUT2D eigenvalue weighted by atomic mass is 10.1. The number of aryl methyl sites for hydroxylation is 2. The Labute approximate surface area is 133 Å². The van der Waals surface area contributed by atoms with Crippen LogP contribution in [0, 0.1) is 13.8 Å². The van der Waals surface area contributed by atoms with E-state index in [4.69, 9.17) is 0 Å². The van der Waals surface area contributed by atoms with Crippen LogP contribution in [0.4, 0.5) is 19.7 Å². The summed E-state index contributed by atoms with van der Waals surface area (Å²) >= 11 is 0.660. The van der Waals surface area contributed by atoms with Gasteiger partial charge in [-0.2, -0.15) is 0 Å². The molecule has 1 aromatic rings. The van der Waals surface area contributed by atoms with Crippen LogP contribution in [-0.4, -0.2) is 53.2 Å². The fraction of sp³-hybridized carbons (Fsp3) is 0.357. The van der Waals surface area contributed by atoms with Gasteiger partial charge in [0.25, 0.3) is 0 Å². The molecule has 22 heavy (non-hydrogen) atoms. The molecular weight excluding hydrogens is 307 g/mol. The van der Waals surface area contributed by atoms with Crippen LogP contribution in [0.2, 0.25) is 0 Å². The Bertz CT molecular complexity index is 594. The van der Waals surface area contributed by atoms with Crippen molar-refractivity contribution in [1.82, 2.24) is 13.5 Å². The molecule has 0 fully saturated rings. The van der Waals surface area contributed by atoms with Crippen LogP contribution in [0.15, 0.2) is 23.2 Å². The van der Waals surface area contributed by atoms with Gasteiger partial charge in [-0.25, -0.2) is 18.9 Å². The van der Waals surface area contributed by atoms with Gasteiger partial charge in [-0.15, -0.1) is 4.39 Å². The molecule has 1 aromatic carbocycles. The predicted octanol–water partition coefficient (Wildman–Crippen LogP) is 3.53. The molecule has 0 saturated carbocycles. The Hall–Kier alpha value is -2.09. The summed E-state index contributed by atoms with van der Waals surface area (Å²) in [5, 5.41) is 0. The maximum atomic E-state index is 12.5. The zero-order valence-corrected chi connectivity index (χ0v) is 14.0. The number of amides is 3. The highest BCUT2D eigenvalue weighted by Gasteiger charge is 2.18. The van der Waals surface area contributed by atoms with Gasteiger partial charge in [0, 0.05) is 21.1 Å². The van der Waals surface area contributed by atoms with Gasteiger partial charge < -0.3 is 0 Å². The van der Waals surface area contributed by atoms with Crippen molar-refractivity contribution in [3.8, 4) is 0 Å². The molecule has 120 valence electrons. The highest BCUT2D eigenvalue weighted by atomic mass is 32.2. The second-order valence-electron chi connectivity index (χ2n) is 4.76. The summed E-state index contributed by atoms with van der Waals surface area (Å²) < 4.78 is 14.3. The first-order valence-corrected chi connectivity index (χ1v) is 7.18. The fourth-order valence-corrected chi connectivity index (χ4v) is 2.25. The maximum Gasteiger partial charge on any atom is 0.411 e. The van der Waals surface area contributed by atoms with Gasteiger partial charge >= 0.3 is 12.2 Å². The number of carbonyl (C=O) groups excluding carboxylic acids is 2. The highest BCUT2D eigenvalue weighted by molar-refractivity contribution is 7.95. The van der Waals surface area contributed by atoms with Crippen LogP contribution in [0.25, 0.3) is 0 Å². The third-order valence-electron chi connectivity index (χ3n) is 2.79. The van der Waals surface area contributed by atoms with Crippen molar-refractivity contribution in [2.45, 2.75) is 13.8 Å². The number of benzene rings is 1. The molecule has 0 spiro atoms.